The largest absolute Gasteiger partial charge is 0.464 e. The number of hydrogen-bond donors (Lipinski definition) is 0. The third-order valence-electron chi connectivity index (χ3n) is 12.2. The first-order valence-electron chi connectivity index (χ1n) is 19.9. The van der Waals surface area contributed by atoms with Crippen LogP contribution in [0.5, 0.6) is 0 Å². The fourth-order valence-corrected chi connectivity index (χ4v) is 9.20. The lowest BCUT2D eigenvalue weighted by Crippen LogP contribution is -2.70. The maximum absolute atomic E-state index is 13.0. The Balaban J connectivity index is 0.915. The van der Waals surface area contributed by atoms with E-state index in [-0.39, 0.29) is 37.2 Å². The molecule has 0 amide bonds. The fourth-order valence-electron chi connectivity index (χ4n) is 9.20. The van der Waals surface area contributed by atoms with E-state index in [1.807, 2.05) is 20.0 Å². The molecule has 12 heteroatoms. The van der Waals surface area contributed by atoms with Gasteiger partial charge in [-0.2, -0.15) is 0 Å². The summed E-state index contributed by atoms with van der Waals surface area (Å²) < 4.78 is 25.7. The number of carbonyl (C=O) groups excluding carboxylic acids is 2. The van der Waals surface area contributed by atoms with Crippen molar-refractivity contribution >= 4 is 22.7 Å². The molecule has 288 valence electrons. The topological polar surface area (TPSA) is 133 Å². The summed E-state index contributed by atoms with van der Waals surface area (Å²) >= 11 is 0. The Morgan fingerprint density at radius 2 is 1.77 bits per heavy atom. The monoisotopic (exact) mass is 732 g/mol. The SMILES string of the molecule is CCCCc1nc(C)c2ccc(-c3cn(CCOC(=O)CCC(=O)O[C@@H]4O[C@@H]5O[C@@]6(C)CC[C@H]7[C@H](C)CC[C@@H]([C@H]4C)[C@@]57OO6)nn3)cc2c1CCCC. The molecule has 2 bridgehead atoms. The van der Waals surface area contributed by atoms with E-state index in [9.17, 15) is 9.59 Å². The lowest BCUT2D eigenvalue weighted by molar-refractivity contribution is -0.576. The quantitative estimate of drug-likeness (QED) is 0.120. The molecule has 12 nitrogen and oxygen atoms in total. The Hall–Kier alpha value is -3.45. The molecule has 0 unspecified atom stereocenters. The van der Waals surface area contributed by atoms with Gasteiger partial charge in [-0.1, -0.05) is 57.9 Å². The first-order valence-corrected chi connectivity index (χ1v) is 19.9. The highest BCUT2D eigenvalue weighted by Gasteiger charge is 2.69. The molecule has 0 radical (unpaired) electrons. The van der Waals surface area contributed by atoms with E-state index in [0.717, 1.165) is 74.7 Å². The number of esters is 2. The second-order valence-electron chi connectivity index (χ2n) is 15.9. The smallest absolute Gasteiger partial charge is 0.308 e. The molecule has 5 fully saturated rings. The van der Waals surface area contributed by atoms with Crippen molar-refractivity contribution in [1.29, 1.82) is 0 Å². The van der Waals surface area contributed by atoms with Crippen LogP contribution in [0.4, 0.5) is 0 Å². The highest BCUT2D eigenvalue weighted by molar-refractivity contribution is 5.91. The van der Waals surface area contributed by atoms with Gasteiger partial charge in [-0.15, -0.1) is 5.10 Å². The second-order valence-corrected chi connectivity index (χ2v) is 15.9. The first-order chi connectivity index (χ1) is 25.5. The summed E-state index contributed by atoms with van der Waals surface area (Å²) in [6, 6.07) is 6.43. The van der Waals surface area contributed by atoms with E-state index in [2.05, 4.69) is 56.2 Å². The minimum atomic E-state index is -0.909. The third-order valence-corrected chi connectivity index (χ3v) is 12.2. The molecular formula is C41H56N4O8. The molecular weight excluding hydrogens is 676 g/mol. The van der Waals surface area contributed by atoms with Gasteiger partial charge in [-0.05, 0) is 87.6 Å². The van der Waals surface area contributed by atoms with Crippen LogP contribution >= 0.6 is 0 Å². The van der Waals surface area contributed by atoms with Crippen molar-refractivity contribution in [1.82, 2.24) is 20.0 Å². The number of fused-ring (bicyclic) bond motifs is 3. The number of aromatic nitrogens is 4. The Morgan fingerprint density at radius 1 is 0.981 bits per heavy atom. The summed E-state index contributed by atoms with van der Waals surface area (Å²) in [6.45, 7) is 13.1. The van der Waals surface area contributed by atoms with Gasteiger partial charge in [-0.3, -0.25) is 14.6 Å². The Bertz CT molecular complexity index is 1800. The molecule has 3 aromatic rings. The average molecular weight is 733 g/mol. The van der Waals surface area contributed by atoms with Crippen LogP contribution in [-0.2, 0) is 57.7 Å². The molecule has 1 aliphatic carbocycles. The van der Waals surface area contributed by atoms with E-state index in [1.54, 1.807) is 4.68 Å². The van der Waals surface area contributed by atoms with Gasteiger partial charge in [0.05, 0.1) is 25.6 Å². The molecule has 0 N–H and O–H groups in total. The molecule has 8 atom stereocenters. The van der Waals surface area contributed by atoms with Gasteiger partial charge in [0.25, 0.3) is 0 Å². The zero-order valence-corrected chi connectivity index (χ0v) is 32.2. The van der Waals surface area contributed by atoms with Gasteiger partial charge >= 0.3 is 11.9 Å². The van der Waals surface area contributed by atoms with E-state index in [1.165, 1.54) is 22.0 Å². The zero-order valence-electron chi connectivity index (χ0n) is 32.2. The maximum Gasteiger partial charge on any atom is 0.308 e. The minimum Gasteiger partial charge on any atom is -0.464 e. The lowest BCUT2D eigenvalue weighted by atomic mass is 9.58. The van der Waals surface area contributed by atoms with Gasteiger partial charge < -0.3 is 18.9 Å². The summed E-state index contributed by atoms with van der Waals surface area (Å²) in [5, 5.41) is 11.1. The Morgan fingerprint density at radius 3 is 2.58 bits per heavy atom. The van der Waals surface area contributed by atoms with Crippen molar-refractivity contribution in [2.24, 2.45) is 23.7 Å². The highest BCUT2D eigenvalue weighted by Crippen LogP contribution is 2.60. The summed E-state index contributed by atoms with van der Waals surface area (Å²) in [4.78, 5) is 42.7. The fraction of sp³-hybridized carbons (Fsp3) is 0.683. The molecule has 1 spiro atoms. The minimum absolute atomic E-state index is 0.0413. The van der Waals surface area contributed by atoms with Crippen molar-refractivity contribution in [3.63, 3.8) is 0 Å². The van der Waals surface area contributed by atoms with Gasteiger partial charge in [0.15, 0.2) is 11.9 Å². The maximum atomic E-state index is 13.0. The van der Waals surface area contributed by atoms with Crippen LogP contribution in [0.1, 0.15) is 116 Å². The average Bonchev–Trinajstić information content (AvgIpc) is 3.50. The van der Waals surface area contributed by atoms with Crippen molar-refractivity contribution in [3.8, 4) is 11.3 Å². The van der Waals surface area contributed by atoms with Crippen molar-refractivity contribution in [2.45, 2.75) is 149 Å². The predicted octanol–water partition coefficient (Wildman–Crippen LogP) is 7.56. The van der Waals surface area contributed by atoms with Crippen LogP contribution < -0.4 is 0 Å². The van der Waals surface area contributed by atoms with Crippen LogP contribution in [0.25, 0.3) is 22.0 Å². The molecule has 1 aromatic carbocycles. The third kappa shape index (κ3) is 7.49. The molecule has 6 heterocycles. The molecule has 4 aliphatic heterocycles. The van der Waals surface area contributed by atoms with E-state index in [4.69, 9.17) is 33.7 Å². The summed E-state index contributed by atoms with van der Waals surface area (Å²) in [6.07, 6.45) is 10.2. The number of nitrogens with zero attached hydrogens (tertiary/aromatic N) is 4. The predicted molar refractivity (Wildman–Crippen MR) is 196 cm³/mol. The molecule has 53 heavy (non-hydrogen) atoms. The van der Waals surface area contributed by atoms with Crippen LogP contribution in [0.15, 0.2) is 24.4 Å². The number of rotatable bonds is 14. The van der Waals surface area contributed by atoms with Crippen molar-refractivity contribution in [3.05, 3.63) is 41.3 Å². The van der Waals surface area contributed by atoms with Crippen LogP contribution in [-0.4, -0.2) is 62.5 Å². The molecule has 5 aliphatic rings. The number of hydrogen-bond acceptors (Lipinski definition) is 11. The summed E-state index contributed by atoms with van der Waals surface area (Å²) in [5.41, 5.74) is 4.62. The zero-order chi connectivity index (χ0) is 37.3. The molecule has 4 saturated heterocycles. The normalized spacial score (nSPS) is 30.5. The standard InChI is InChI=1S/C41H56N4O8/c1-7-9-11-30-31-23-28(14-15-29(31)27(5)42-34(30)12-10-8-2)35-24-45(44-43-35)21-22-48-36(46)17-18-37(47)49-38-26(4)33-16-13-25(3)32-19-20-40(6)51-39(50-38)41(32,33)53-52-40/h14-15,23-26,32-33,38-39H,7-13,16-22H2,1-6H3/t25-,26-,32+,33+,38-,39-,40-,41-/m1/s1. The number of benzene rings is 1. The summed E-state index contributed by atoms with van der Waals surface area (Å²) in [5.74, 6) is -1.35. The van der Waals surface area contributed by atoms with Gasteiger partial charge in [-0.25, -0.2) is 14.5 Å². The van der Waals surface area contributed by atoms with E-state index >= 15 is 0 Å². The van der Waals surface area contributed by atoms with Gasteiger partial charge in [0, 0.05) is 40.6 Å². The first kappa shape index (κ1) is 37.8. The Kier molecular flexibility index (Phi) is 11.2. The van der Waals surface area contributed by atoms with Gasteiger partial charge in [0.1, 0.15) is 12.3 Å². The second kappa shape index (κ2) is 15.7. The number of aryl methyl sites for hydroxylation is 3. The number of carbonyl (C=O) groups is 2. The van der Waals surface area contributed by atoms with Crippen molar-refractivity contribution in [2.75, 3.05) is 6.61 Å². The number of ether oxygens (including phenoxy) is 4. The Labute approximate surface area is 312 Å². The number of pyridine rings is 1. The van der Waals surface area contributed by atoms with Crippen LogP contribution in [0, 0.1) is 30.6 Å². The molecule has 8 rings (SSSR count). The van der Waals surface area contributed by atoms with Crippen LogP contribution in [0.2, 0.25) is 0 Å². The summed E-state index contributed by atoms with van der Waals surface area (Å²) in [7, 11) is 0. The van der Waals surface area contributed by atoms with E-state index < -0.39 is 35.9 Å². The number of unbranched alkanes of at least 4 members (excludes halogenated alkanes) is 2. The lowest BCUT2D eigenvalue weighted by Gasteiger charge is -2.59. The van der Waals surface area contributed by atoms with Crippen molar-refractivity contribution < 1.29 is 38.3 Å². The van der Waals surface area contributed by atoms with Gasteiger partial charge in [0.2, 0.25) is 12.1 Å². The molecule has 1 saturated carbocycles. The van der Waals surface area contributed by atoms with E-state index in [0.29, 0.717) is 18.9 Å². The highest BCUT2D eigenvalue weighted by atomic mass is 17.3. The van der Waals surface area contributed by atoms with Crippen LogP contribution in [0.3, 0.4) is 0 Å². The molecule has 2 aromatic heterocycles.